The summed E-state index contributed by atoms with van der Waals surface area (Å²) in [7, 11) is 1.44. The van der Waals surface area contributed by atoms with Crippen LogP contribution in [0.2, 0.25) is 0 Å². The zero-order valence-electron chi connectivity index (χ0n) is 12.6. The second-order valence-corrected chi connectivity index (χ2v) is 5.66. The third-order valence-electron chi connectivity index (χ3n) is 4.22. The fourth-order valence-electron chi connectivity index (χ4n) is 2.95. The van der Waals surface area contributed by atoms with Crippen molar-refractivity contribution in [3.8, 4) is 11.5 Å². The number of hydrogen-bond acceptors (Lipinski definition) is 3. The van der Waals surface area contributed by atoms with Gasteiger partial charge in [0.1, 0.15) is 0 Å². The lowest BCUT2D eigenvalue weighted by Crippen LogP contribution is -2.24. The lowest BCUT2D eigenvalue weighted by Gasteiger charge is -2.16. The van der Waals surface area contributed by atoms with Crippen molar-refractivity contribution in [2.45, 2.75) is 39.3 Å². The summed E-state index contributed by atoms with van der Waals surface area (Å²) < 4.78 is 34.3. The molecule has 0 bridgehead atoms. The molecular formula is C16H23F2NO2. The first kappa shape index (κ1) is 16.0. The van der Waals surface area contributed by atoms with E-state index >= 15 is 0 Å². The molecule has 0 spiro atoms. The highest BCUT2D eigenvalue weighted by Crippen LogP contribution is 2.31. The second-order valence-electron chi connectivity index (χ2n) is 5.66. The zero-order valence-corrected chi connectivity index (χ0v) is 12.6. The molecule has 1 aliphatic carbocycles. The monoisotopic (exact) mass is 299 g/mol. The Bertz CT molecular complexity index is 454. The molecule has 0 heterocycles. The van der Waals surface area contributed by atoms with Crippen molar-refractivity contribution in [2.75, 3.05) is 13.7 Å². The number of ether oxygens (including phenoxy) is 2. The first-order valence-electron chi connectivity index (χ1n) is 7.42. The van der Waals surface area contributed by atoms with Crippen LogP contribution in [-0.4, -0.2) is 20.3 Å². The number of hydrogen-bond donors (Lipinski definition) is 1. The van der Waals surface area contributed by atoms with Crippen molar-refractivity contribution in [1.29, 1.82) is 0 Å². The lowest BCUT2D eigenvalue weighted by molar-refractivity contribution is -0.0512. The quantitative estimate of drug-likeness (QED) is 0.830. The SMILES string of the molecule is COc1ccc(CNCC2CCCC2C)cc1OC(F)F. The van der Waals surface area contributed by atoms with E-state index < -0.39 is 6.61 Å². The highest BCUT2D eigenvalue weighted by atomic mass is 19.3. The molecule has 0 amide bonds. The summed E-state index contributed by atoms with van der Waals surface area (Å²) in [4.78, 5) is 0. The van der Waals surface area contributed by atoms with Crippen LogP contribution in [0.25, 0.3) is 0 Å². The Kier molecular flexibility index (Phi) is 5.79. The number of halogens is 2. The van der Waals surface area contributed by atoms with E-state index in [2.05, 4.69) is 17.0 Å². The van der Waals surface area contributed by atoms with Crippen LogP contribution < -0.4 is 14.8 Å². The molecule has 1 aromatic rings. The molecule has 0 aromatic heterocycles. The number of nitrogens with one attached hydrogen (secondary N) is 1. The van der Waals surface area contributed by atoms with Crippen molar-refractivity contribution in [2.24, 2.45) is 11.8 Å². The molecule has 1 aliphatic rings. The minimum absolute atomic E-state index is 0.0843. The van der Waals surface area contributed by atoms with Crippen molar-refractivity contribution >= 4 is 0 Å². The Labute approximate surface area is 124 Å². The molecule has 118 valence electrons. The third-order valence-corrected chi connectivity index (χ3v) is 4.22. The Balaban J connectivity index is 1.90. The van der Waals surface area contributed by atoms with Crippen LogP contribution in [0.4, 0.5) is 8.78 Å². The van der Waals surface area contributed by atoms with Gasteiger partial charge in [-0.25, -0.2) is 0 Å². The Morgan fingerprint density at radius 2 is 2.10 bits per heavy atom. The molecular weight excluding hydrogens is 276 g/mol. The van der Waals surface area contributed by atoms with Gasteiger partial charge in [-0.15, -0.1) is 0 Å². The number of alkyl halides is 2. The maximum absolute atomic E-state index is 12.4. The minimum Gasteiger partial charge on any atom is -0.493 e. The molecule has 1 N–H and O–H groups in total. The summed E-state index contributed by atoms with van der Waals surface area (Å²) in [5.41, 5.74) is 0.914. The lowest BCUT2D eigenvalue weighted by atomic mass is 9.98. The predicted molar refractivity (Wildman–Crippen MR) is 77.8 cm³/mol. The predicted octanol–water partition coefficient (Wildman–Crippen LogP) is 3.82. The fourth-order valence-corrected chi connectivity index (χ4v) is 2.95. The second kappa shape index (κ2) is 7.59. The molecule has 21 heavy (non-hydrogen) atoms. The van der Waals surface area contributed by atoms with Crippen LogP contribution in [0.5, 0.6) is 11.5 Å². The number of methoxy groups -OCH3 is 1. The van der Waals surface area contributed by atoms with Gasteiger partial charge in [0.25, 0.3) is 0 Å². The first-order chi connectivity index (χ1) is 10.1. The van der Waals surface area contributed by atoms with Crippen LogP contribution in [0.3, 0.4) is 0 Å². The van der Waals surface area contributed by atoms with E-state index in [-0.39, 0.29) is 5.75 Å². The van der Waals surface area contributed by atoms with Crippen molar-refractivity contribution in [1.82, 2.24) is 5.32 Å². The van der Waals surface area contributed by atoms with Gasteiger partial charge in [-0.05, 0) is 42.5 Å². The molecule has 2 rings (SSSR count). The van der Waals surface area contributed by atoms with Gasteiger partial charge >= 0.3 is 6.61 Å². The smallest absolute Gasteiger partial charge is 0.387 e. The van der Waals surface area contributed by atoms with Gasteiger partial charge in [-0.1, -0.05) is 25.8 Å². The van der Waals surface area contributed by atoms with Gasteiger partial charge in [-0.2, -0.15) is 8.78 Å². The van der Waals surface area contributed by atoms with Crippen LogP contribution in [0.1, 0.15) is 31.7 Å². The maximum atomic E-state index is 12.4. The van der Waals surface area contributed by atoms with E-state index in [1.165, 1.54) is 26.4 Å². The van der Waals surface area contributed by atoms with Crippen LogP contribution >= 0.6 is 0 Å². The summed E-state index contributed by atoms with van der Waals surface area (Å²) >= 11 is 0. The van der Waals surface area contributed by atoms with E-state index in [9.17, 15) is 8.78 Å². The molecule has 0 aliphatic heterocycles. The molecule has 1 fully saturated rings. The van der Waals surface area contributed by atoms with E-state index in [0.717, 1.165) is 23.9 Å². The molecule has 1 aromatic carbocycles. The molecule has 2 atom stereocenters. The summed E-state index contributed by atoms with van der Waals surface area (Å²) in [6.07, 6.45) is 3.89. The Morgan fingerprint density at radius 1 is 1.29 bits per heavy atom. The zero-order chi connectivity index (χ0) is 15.2. The van der Waals surface area contributed by atoms with E-state index in [1.54, 1.807) is 12.1 Å². The molecule has 0 saturated heterocycles. The third kappa shape index (κ3) is 4.56. The highest BCUT2D eigenvalue weighted by molar-refractivity contribution is 5.42. The summed E-state index contributed by atoms with van der Waals surface area (Å²) in [6.45, 7) is 1.06. The van der Waals surface area contributed by atoms with Crippen LogP contribution in [0, 0.1) is 11.8 Å². The van der Waals surface area contributed by atoms with Gasteiger partial charge in [-0.3, -0.25) is 0 Å². The summed E-state index contributed by atoms with van der Waals surface area (Å²) in [5.74, 6) is 1.90. The van der Waals surface area contributed by atoms with Crippen LogP contribution in [0.15, 0.2) is 18.2 Å². The normalized spacial score (nSPS) is 21.8. The standard InChI is InChI=1S/C16H23F2NO2/c1-11-4-3-5-13(11)10-19-9-12-6-7-14(20-2)15(8-12)21-16(17)18/h6-8,11,13,16,19H,3-5,9-10H2,1-2H3. The van der Waals surface area contributed by atoms with Crippen molar-refractivity contribution in [3.05, 3.63) is 23.8 Å². The largest absolute Gasteiger partial charge is 0.493 e. The first-order valence-corrected chi connectivity index (χ1v) is 7.42. The van der Waals surface area contributed by atoms with Gasteiger partial charge in [0.2, 0.25) is 0 Å². The Hall–Kier alpha value is -1.36. The highest BCUT2D eigenvalue weighted by Gasteiger charge is 2.22. The van der Waals surface area contributed by atoms with Gasteiger partial charge in [0.05, 0.1) is 7.11 Å². The summed E-state index contributed by atoms with van der Waals surface area (Å²) in [6, 6.07) is 5.13. The molecule has 1 saturated carbocycles. The minimum atomic E-state index is -2.85. The van der Waals surface area contributed by atoms with Crippen molar-refractivity contribution < 1.29 is 18.3 Å². The van der Waals surface area contributed by atoms with Crippen LogP contribution in [-0.2, 0) is 6.54 Å². The molecule has 5 heteroatoms. The van der Waals surface area contributed by atoms with E-state index in [1.807, 2.05) is 6.07 Å². The molecule has 0 radical (unpaired) electrons. The number of rotatable bonds is 7. The fraction of sp³-hybridized carbons (Fsp3) is 0.625. The van der Waals surface area contributed by atoms with Gasteiger partial charge in [0, 0.05) is 6.54 Å². The Morgan fingerprint density at radius 3 is 2.71 bits per heavy atom. The molecule has 2 unspecified atom stereocenters. The van der Waals surface area contributed by atoms with Crippen molar-refractivity contribution in [3.63, 3.8) is 0 Å². The van der Waals surface area contributed by atoms with Gasteiger partial charge in [0.15, 0.2) is 11.5 Å². The number of benzene rings is 1. The van der Waals surface area contributed by atoms with Gasteiger partial charge < -0.3 is 14.8 Å². The average molecular weight is 299 g/mol. The van der Waals surface area contributed by atoms with E-state index in [4.69, 9.17) is 4.74 Å². The average Bonchev–Trinajstić information content (AvgIpc) is 2.84. The molecule has 3 nitrogen and oxygen atoms in total. The van der Waals surface area contributed by atoms with E-state index in [0.29, 0.717) is 12.3 Å². The maximum Gasteiger partial charge on any atom is 0.387 e. The topological polar surface area (TPSA) is 30.5 Å². The summed E-state index contributed by atoms with van der Waals surface area (Å²) in [5, 5.41) is 3.41.